The van der Waals surface area contributed by atoms with Crippen LogP contribution in [0.2, 0.25) is 0 Å². The summed E-state index contributed by atoms with van der Waals surface area (Å²) in [6.07, 6.45) is 0.878. The zero-order chi connectivity index (χ0) is 17.2. The van der Waals surface area contributed by atoms with E-state index in [-0.39, 0.29) is 23.8 Å². The van der Waals surface area contributed by atoms with Gasteiger partial charge in [-0.2, -0.15) is 0 Å². The minimum absolute atomic E-state index is 0.248. The summed E-state index contributed by atoms with van der Waals surface area (Å²) < 4.78 is 10.6. The molecule has 0 amide bonds. The van der Waals surface area contributed by atoms with Crippen molar-refractivity contribution < 1.29 is 29.3 Å². The van der Waals surface area contributed by atoms with Crippen molar-refractivity contribution in [2.24, 2.45) is 11.3 Å². The summed E-state index contributed by atoms with van der Waals surface area (Å²) in [6, 6.07) is 0. The number of hydrogen-bond donors (Lipinski definition) is 2. The topological polar surface area (TPSA) is 93.1 Å². The molecule has 6 heteroatoms. The minimum Gasteiger partial charge on any atom is -0.462 e. The van der Waals surface area contributed by atoms with E-state index in [4.69, 9.17) is 9.47 Å². The van der Waals surface area contributed by atoms with Crippen LogP contribution in [0.15, 0.2) is 23.0 Å². The highest BCUT2D eigenvalue weighted by Crippen LogP contribution is 2.58. The molecule has 0 aromatic heterocycles. The molecule has 0 spiro atoms. The van der Waals surface area contributed by atoms with Crippen LogP contribution in [-0.4, -0.2) is 40.0 Å². The average Bonchev–Trinajstić information content (AvgIpc) is 2.73. The SMILES string of the molecule is CC(=O)O[C@H]1CC[C@]2(O)C=C3OC(=O)C(C)=C3[C@@H](O)[C@]2(C)[C@H]1C. The number of aliphatic hydroxyl groups excluding tert-OH is 1. The summed E-state index contributed by atoms with van der Waals surface area (Å²) >= 11 is 0. The largest absolute Gasteiger partial charge is 0.462 e. The van der Waals surface area contributed by atoms with Crippen LogP contribution in [0, 0.1) is 11.3 Å². The first-order valence-electron chi connectivity index (χ1n) is 7.85. The van der Waals surface area contributed by atoms with Gasteiger partial charge in [-0.3, -0.25) is 4.79 Å². The number of hydrogen-bond acceptors (Lipinski definition) is 6. The lowest BCUT2D eigenvalue weighted by Crippen LogP contribution is -2.64. The Morgan fingerprint density at radius 3 is 2.74 bits per heavy atom. The predicted molar refractivity (Wildman–Crippen MR) is 79.9 cm³/mol. The van der Waals surface area contributed by atoms with Gasteiger partial charge in [-0.15, -0.1) is 0 Å². The first kappa shape index (κ1) is 16.2. The molecule has 3 rings (SSSR count). The van der Waals surface area contributed by atoms with Crippen molar-refractivity contribution >= 4 is 11.9 Å². The van der Waals surface area contributed by atoms with Crippen LogP contribution in [0.4, 0.5) is 0 Å². The summed E-state index contributed by atoms with van der Waals surface area (Å²) in [5, 5.41) is 22.1. The van der Waals surface area contributed by atoms with E-state index >= 15 is 0 Å². The zero-order valence-electron chi connectivity index (χ0n) is 13.8. The van der Waals surface area contributed by atoms with E-state index in [0.29, 0.717) is 24.0 Å². The molecule has 2 N–H and O–H groups in total. The summed E-state index contributed by atoms with van der Waals surface area (Å²) in [4.78, 5) is 23.1. The fourth-order valence-electron chi connectivity index (χ4n) is 4.24. The van der Waals surface area contributed by atoms with Crippen molar-refractivity contribution in [3.8, 4) is 0 Å². The van der Waals surface area contributed by atoms with Gasteiger partial charge < -0.3 is 19.7 Å². The van der Waals surface area contributed by atoms with Crippen molar-refractivity contribution in [3.05, 3.63) is 23.0 Å². The molecule has 0 saturated heterocycles. The second-order valence-electron chi connectivity index (χ2n) is 7.02. The lowest BCUT2D eigenvalue weighted by atomic mass is 9.52. The molecular formula is C17H22O6. The number of ether oxygens (including phenoxy) is 2. The molecule has 126 valence electrons. The highest BCUT2D eigenvalue weighted by Gasteiger charge is 2.63. The summed E-state index contributed by atoms with van der Waals surface area (Å²) in [6.45, 7) is 6.58. The van der Waals surface area contributed by atoms with Crippen LogP contribution in [-0.2, 0) is 19.1 Å². The van der Waals surface area contributed by atoms with Crippen LogP contribution in [0.3, 0.4) is 0 Å². The predicted octanol–water partition coefficient (Wildman–Crippen LogP) is 1.22. The van der Waals surface area contributed by atoms with E-state index in [0.717, 1.165) is 0 Å². The van der Waals surface area contributed by atoms with Gasteiger partial charge in [0.1, 0.15) is 11.9 Å². The molecular weight excluding hydrogens is 300 g/mol. The number of fused-ring (bicyclic) bond motifs is 2. The third kappa shape index (κ3) is 2.01. The fraction of sp³-hybridized carbons (Fsp3) is 0.647. The Kier molecular flexibility index (Phi) is 3.46. The smallest absolute Gasteiger partial charge is 0.339 e. The van der Waals surface area contributed by atoms with Gasteiger partial charge in [0.25, 0.3) is 0 Å². The first-order chi connectivity index (χ1) is 10.6. The number of carbonyl (C=O) groups is 2. The standard InChI is InChI=1S/C17H22O6/c1-8-13-12(23-15(8)20)7-17(21)6-5-11(22-10(3)18)9(2)16(17,4)14(13)19/h7,9,11,14,19,21H,5-6H2,1-4H3/t9-,11-,14+,16-,17-/m0/s1. The van der Waals surface area contributed by atoms with Crippen LogP contribution >= 0.6 is 0 Å². The molecule has 0 aromatic rings. The van der Waals surface area contributed by atoms with E-state index in [1.54, 1.807) is 19.9 Å². The quantitative estimate of drug-likeness (QED) is 0.705. The molecule has 23 heavy (non-hydrogen) atoms. The molecule has 0 radical (unpaired) electrons. The first-order valence-corrected chi connectivity index (χ1v) is 7.85. The zero-order valence-corrected chi connectivity index (χ0v) is 13.8. The van der Waals surface area contributed by atoms with E-state index in [1.807, 2.05) is 6.92 Å². The summed E-state index contributed by atoms with van der Waals surface area (Å²) in [5.41, 5.74) is -1.53. The van der Waals surface area contributed by atoms with Crippen LogP contribution in [0.1, 0.15) is 40.5 Å². The van der Waals surface area contributed by atoms with Gasteiger partial charge in [0.2, 0.25) is 0 Å². The van der Waals surface area contributed by atoms with Crippen LogP contribution in [0.25, 0.3) is 0 Å². The molecule has 3 aliphatic rings. The lowest BCUT2D eigenvalue weighted by molar-refractivity contribution is -0.198. The Hall–Kier alpha value is -1.66. The van der Waals surface area contributed by atoms with E-state index in [9.17, 15) is 19.8 Å². The summed E-state index contributed by atoms with van der Waals surface area (Å²) in [5.74, 6) is -0.931. The summed E-state index contributed by atoms with van der Waals surface area (Å²) in [7, 11) is 0. The van der Waals surface area contributed by atoms with Crippen molar-refractivity contribution in [1.82, 2.24) is 0 Å². The van der Waals surface area contributed by atoms with Crippen LogP contribution in [0.5, 0.6) is 0 Å². The van der Waals surface area contributed by atoms with E-state index in [1.165, 1.54) is 6.92 Å². The number of esters is 2. The Labute approximate surface area is 134 Å². The normalized spacial score (nSPS) is 42.6. The molecule has 0 bridgehead atoms. The third-order valence-electron chi connectivity index (χ3n) is 5.95. The Morgan fingerprint density at radius 2 is 2.13 bits per heavy atom. The lowest BCUT2D eigenvalue weighted by Gasteiger charge is -2.57. The molecule has 1 saturated carbocycles. The number of rotatable bonds is 1. The van der Waals surface area contributed by atoms with Gasteiger partial charge in [-0.25, -0.2) is 4.79 Å². The fourth-order valence-corrected chi connectivity index (χ4v) is 4.24. The molecule has 1 fully saturated rings. The molecule has 6 nitrogen and oxygen atoms in total. The molecule has 0 unspecified atom stereocenters. The van der Waals surface area contributed by atoms with Crippen LogP contribution < -0.4 is 0 Å². The Bertz CT molecular complexity index is 647. The van der Waals surface area contributed by atoms with E-state index < -0.39 is 23.1 Å². The minimum atomic E-state index is -1.33. The molecule has 0 aromatic carbocycles. The number of carbonyl (C=O) groups excluding carboxylic acids is 2. The van der Waals surface area contributed by atoms with E-state index in [2.05, 4.69) is 0 Å². The second-order valence-corrected chi connectivity index (χ2v) is 7.02. The number of aliphatic hydroxyl groups is 2. The van der Waals surface area contributed by atoms with Gasteiger partial charge in [0.15, 0.2) is 0 Å². The van der Waals surface area contributed by atoms with Gasteiger partial charge >= 0.3 is 11.9 Å². The molecule has 2 aliphatic carbocycles. The highest BCUT2D eigenvalue weighted by atomic mass is 16.5. The third-order valence-corrected chi connectivity index (χ3v) is 5.95. The van der Waals surface area contributed by atoms with Crippen molar-refractivity contribution in [3.63, 3.8) is 0 Å². The van der Waals surface area contributed by atoms with Gasteiger partial charge in [0, 0.05) is 29.4 Å². The maximum absolute atomic E-state index is 11.8. The molecule has 1 aliphatic heterocycles. The molecule has 5 atom stereocenters. The average molecular weight is 322 g/mol. The Balaban J connectivity index is 2.10. The van der Waals surface area contributed by atoms with Crippen molar-refractivity contribution in [1.29, 1.82) is 0 Å². The van der Waals surface area contributed by atoms with Gasteiger partial charge in [-0.1, -0.05) is 13.8 Å². The van der Waals surface area contributed by atoms with Crippen molar-refractivity contribution in [2.45, 2.75) is 58.3 Å². The maximum Gasteiger partial charge on any atom is 0.339 e. The monoisotopic (exact) mass is 322 g/mol. The van der Waals surface area contributed by atoms with Gasteiger partial charge in [-0.05, 0) is 25.8 Å². The highest BCUT2D eigenvalue weighted by molar-refractivity contribution is 5.94. The second kappa shape index (κ2) is 4.92. The Morgan fingerprint density at radius 1 is 1.48 bits per heavy atom. The van der Waals surface area contributed by atoms with Crippen molar-refractivity contribution in [2.75, 3.05) is 0 Å². The van der Waals surface area contributed by atoms with Gasteiger partial charge in [0.05, 0.1) is 11.7 Å². The molecule has 1 heterocycles. The maximum atomic E-state index is 11.8.